The molecule has 6 nitrogen and oxygen atoms in total. The molecule has 0 aromatic carbocycles. The summed E-state index contributed by atoms with van der Waals surface area (Å²) in [6, 6.07) is 4.25. The summed E-state index contributed by atoms with van der Waals surface area (Å²) in [4.78, 5) is 22.8. The molecule has 1 aliphatic rings. The van der Waals surface area contributed by atoms with Crippen molar-refractivity contribution in [1.29, 1.82) is 0 Å². The van der Waals surface area contributed by atoms with Crippen LogP contribution in [0.1, 0.15) is 12.2 Å². The van der Waals surface area contributed by atoms with Gasteiger partial charge in [0.15, 0.2) is 0 Å². The van der Waals surface area contributed by atoms with Crippen molar-refractivity contribution < 1.29 is 4.79 Å². The molecule has 2 aromatic heterocycles. The lowest BCUT2D eigenvalue weighted by Crippen LogP contribution is -2.38. The molecule has 0 bridgehead atoms. The first-order valence-corrected chi connectivity index (χ1v) is 8.83. The van der Waals surface area contributed by atoms with Crippen LogP contribution in [-0.4, -0.2) is 56.5 Å². The van der Waals surface area contributed by atoms with E-state index in [1.165, 1.54) is 5.75 Å². The van der Waals surface area contributed by atoms with Crippen molar-refractivity contribution in [2.75, 3.05) is 30.4 Å². The standard InChI is InChI=1S/C16H21N5OS/c1-12-17-6-7-21(12)15-4-3-13(9-18-15)19-16(22)10-20(2)14-5-8-23-11-14/h3-4,6-7,9,14H,5,8,10-11H2,1-2H3,(H,19,22)/t14-/m1/s1. The van der Waals surface area contributed by atoms with E-state index in [0.717, 1.165) is 23.8 Å². The number of carbonyl (C=O) groups is 1. The summed E-state index contributed by atoms with van der Waals surface area (Å²) in [5, 5.41) is 2.91. The summed E-state index contributed by atoms with van der Waals surface area (Å²) in [6.45, 7) is 2.34. The smallest absolute Gasteiger partial charge is 0.238 e. The van der Waals surface area contributed by atoms with Crippen molar-refractivity contribution in [2.45, 2.75) is 19.4 Å². The third-order valence-electron chi connectivity index (χ3n) is 4.03. The van der Waals surface area contributed by atoms with E-state index in [1.54, 1.807) is 12.4 Å². The first-order chi connectivity index (χ1) is 11.1. The Hall–Kier alpha value is -1.86. The van der Waals surface area contributed by atoms with Crippen LogP contribution in [0.3, 0.4) is 0 Å². The van der Waals surface area contributed by atoms with Crippen LogP contribution in [-0.2, 0) is 4.79 Å². The first kappa shape index (κ1) is 16.0. The zero-order chi connectivity index (χ0) is 16.2. The quantitative estimate of drug-likeness (QED) is 0.907. The van der Waals surface area contributed by atoms with E-state index in [2.05, 4.69) is 20.2 Å². The Morgan fingerprint density at radius 1 is 1.48 bits per heavy atom. The van der Waals surface area contributed by atoms with Crippen LogP contribution in [0.2, 0.25) is 0 Å². The van der Waals surface area contributed by atoms with E-state index >= 15 is 0 Å². The van der Waals surface area contributed by atoms with Crippen molar-refractivity contribution in [3.63, 3.8) is 0 Å². The van der Waals surface area contributed by atoms with E-state index in [4.69, 9.17) is 0 Å². The zero-order valence-corrected chi connectivity index (χ0v) is 14.2. The third kappa shape index (κ3) is 3.92. The molecule has 2 aromatic rings. The summed E-state index contributed by atoms with van der Waals surface area (Å²) in [7, 11) is 2.01. The second-order valence-corrected chi connectivity index (χ2v) is 6.88. The minimum atomic E-state index is -0.00207. The largest absolute Gasteiger partial charge is 0.324 e. The lowest BCUT2D eigenvalue weighted by molar-refractivity contribution is -0.117. The van der Waals surface area contributed by atoms with Gasteiger partial charge >= 0.3 is 0 Å². The second-order valence-electron chi connectivity index (χ2n) is 5.73. The number of aryl methyl sites for hydroxylation is 1. The molecule has 0 saturated carbocycles. The number of hydrogen-bond donors (Lipinski definition) is 1. The highest BCUT2D eigenvalue weighted by Crippen LogP contribution is 2.21. The van der Waals surface area contributed by atoms with Gasteiger partial charge in [-0.3, -0.25) is 14.3 Å². The minimum Gasteiger partial charge on any atom is -0.324 e. The summed E-state index contributed by atoms with van der Waals surface area (Å²) in [5.74, 6) is 3.97. The van der Waals surface area contributed by atoms with Gasteiger partial charge in [0.1, 0.15) is 11.6 Å². The molecule has 7 heteroatoms. The Kier molecular flexibility index (Phi) is 4.97. The summed E-state index contributed by atoms with van der Waals surface area (Å²) in [6.07, 6.45) is 6.45. The van der Waals surface area contributed by atoms with E-state index in [0.29, 0.717) is 18.3 Å². The fraction of sp³-hybridized carbons (Fsp3) is 0.438. The van der Waals surface area contributed by atoms with Gasteiger partial charge in [-0.15, -0.1) is 0 Å². The number of nitrogens with zero attached hydrogens (tertiary/aromatic N) is 4. The third-order valence-corrected chi connectivity index (χ3v) is 5.17. The summed E-state index contributed by atoms with van der Waals surface area (Å²) < 4.78 is 1.90. The highest BCUT2D eigenvalue weighted by Gasteiger charge is 2.21. The molecule has 1 N–H and O–H groups in total. The van der Waals surface area contributed by atoms with E-state index < -0.39 is 0 Å². The number of likely N-dealkylation sites (N-methyl/N-ethyl adjacent to an activating group) is 1. The Morgan fingerprint density at radius 2 is 2.35 bits per heavy atom. The Balaban J connectivity index is 1.57. The summed E-state index contributed by atoms with van der Waals surface area (Å²) >= 11 is 1.95. The van der Waals surface area contributed by atoms with Gasteiger partial charge in [0.2, 0.25) is 5.91 Å². The van der Waals surface area contributed by atoms with Crippen molar-refractivity contribution >= 4 is 23.4 Å². The van der Waals surface area contributed by atoms with Crippen molar-refractivity contribution in [2.24, 2.45) is 0 Å². The van der Waals surface area contributed by atoms with Gasteiger partial charge in [0, 0.05) is 24.2 Å². The number of anilines is 1. The van der Waals surface area contributed by atoms with Crippen molar-refractivity contribution in [3.05, 3.63) is 36.5 Å². The van der Waals surface area contributed by atoms with Crippen LogP contribution in [0.4, 0.5) is 5.69 Å². The molecule has 1 aliphatic heterocycles. The second kappa shape index (κ2) is 7.14. The number of imidazole rings is 1. The lowest BCUT2D eigenvalue weighted by atomic mass is 10.2. The molecular formula is C16H21N5OS. The van der Waals surface area contributed by atoms with Gasteiger partial charge in [-0.25, -0.2) is 9.97 Å². The van der Waals surface area contributed by atoms with Crippen molar-refractivity contribution in [3.8, 4) is 5.82 Å². The van der Waals surface area contributed by atoms with Gasteiger partial charge in [-0.05, 0) is 38.3 Å². The predicted molar refractivity (Wildman–Crippen MR) is 93.1 cm³/mol. The van der Waals surface area contributed by atoms with Crippen LogP contribution in [0.15, 0.2) is 30.7 Å². The lowest BCUT2D eigenvalue weighted by Gasteiger charge is -2.22. The van der Waals surface area contributed by atoms with Gasteiger partial charge in [0.05, 0.1) is 18.4 Å². The highest BCUT2D eigenvalue weighted by molar-refractivity contribution is 7.99. The molecule has 23 heavy (non-hydrogen) atoms. The van der Waals surface area contributed by atoms with Crippen LogP contribution in [0.5, 0.6) is 0 Å². The van der Waals surface area contributed by atoms with E-state index in [1.807, 2.05) is 48.6 Å². The fourth-order valence-electron chi connectivity index (χ4n) is 2.65. The predicted octanol–water partition coefficient (Wildman–Crippen LogP) is 1.95. The number of hydrogen-bond acceptors (Lipinski definition) is 5. The molecule has 3 heterocycles. The van der Waals surface area contributed by atoms with Gasteiger partial charge in [0.25, 0.3) is 0 Å². The molecule has 0 spiro atoms. The number of nitrogens with one attached hydrogen (secondary N) is 1. The average Bonchev–Trinajstić information content (AvgIpc) is 3.19. The Morgan fingerprint density at radius 3 is 2.96 bits per heavy atom. The maximum Gasteiger partial charge on any atom is 0.238 e. The van der Waals surface area contributed by atoms with Crippen LogP contribution >= 0.6 is 11.8 Å². The fourth-order valence-corrected chi connectivity index (χ4v) is 3.95. The molecule has 1 atom stereocenters. The molecule has 0 aliphatic carbocycles. The number of rotatable bonds is 5. The molecule has 0 unspecified atom stereocenters. The molecule has 0 radical (unpaired) electrons. The number of thioether (sulfide) groups is 1. The molecule has 1 amide bonds. The number of carbonyl (C=O) groups excluding carboxylic acids is 1. The molecular weight excluding hydrogens is 310 g/mol. The van der Waals surface area contributed by atoms with E-state index in [-0.39, 0.29) is 5.91 Å². The molecule has 1 fully saturated rings. The zero-order valence-electron chi connectivity index (χ0n) is 13.4. The van der Waals surface area contributed by atoms with Crippen LogP contribution in [0, 0.1) is 6.92 Å². The van der Waals surface area contributed by atoms with Gasteiger partial charge in [-0.2, -0.15) is 11.8 Å². The number of aromatic nitrogens is 3. The number of amides is 1. The van der Waals surface area contributed by atoms with E-state index in [9.17, 15) is 4.79 Å². The number of pyridine rings is 1. The molecule has 122 valence electrons. The topological polar surface area (TPSA) is 63.1 Å². The van der Waals surface area contributed by atoms with Crippen LogP contribution < -0.4 is 5.32 Å². The van der Waals surface area contributed by atoms with Crippen molar-refractivity contribution in [1.82, 2.24) is 19.4 Å². The highest BCUT2D eigenvalue weighted by atomic mass is 32.2. The monoisotopic (exact) mass is 331 g/mol. The van der Waals surface area contributed by atoms with Gasteiger partial charge in [-0.1, -0.05) is 0 Å². The molecule has 1 saturated heterocycles. The average molecular weight is 331 g/mol. The normalized spacial score (nSPS) is 17.6. The maximum atomic E-state index is 12.1. The van der Waals surface area contributed by atoms with Gasteiger partial charge < -0.3 is 5.32 Å². The van der Waals surface area contributed by atoms with Crippen LogP contribution in [0.25, 0.3) is 5.82 Å². The Labute approximate surface area is 140 Å². The SMILES string of the molecule is Cc1nccn1-c1ccc(NC(=O)CN(C)[C@@H]2CCSC2)cn1. The maximum absolute atomic E-state index is 12.1. The Bertz CT molecular complexity index is 663. The minimum absolute atomic E-state index is 0.00207. The molecule has 3 rings (SSSR count). The first-order valence-electron chi connectivity index (χ1n) is 7.67. The summed E-state index contributed by atoms with van der Waals surface area (Å²) in [5.41, 5.74) is 0.714.